The second kappa shape index (κ2) is 3.16. The van der Waals surface area contributed by atoms with Gasteiger partial charge in [-0.2, -0.15) is 5.10 Å². The first kappa shape index (κ1) is 7.63. The Balaban J connectivity index is 2.25. The van der Waals surface area contributed by atoms with Crippen LogP contribution < -0.4 is 0 Å². The first-order chi connectivity index (χ1) is 5.86. The summed E-state index contributed by atoms with van der Waals surface area (Å²) in [4.78, 5) is 5.15. The zero-order chi connectivity index (χ0) is 8.39. The Morgan fingerprint density at radius 3 is 3.17 bits per heavy atom. The number of hydrogen-bond acceptors (Lipinski definition) is 4. The largest absolute Gasteiger partial charge is 0.301 e. The lowest BCUT2D eigenvalue weighted by Crippen LogP contribution is -1.95. The molecule has 6 heteroatoms. The van der Waals surface area contributed by atoms with Crippen LogP contribution in [0.3, 0.4) is 0 Å². The molecule has 0 aliphatic heterocycles. The lowest BCUT2D eigenvalue weighted by molar-refractivity contribution is 0.792. The molecule has 0 amide bonds. The van der Waals surface area contributed by atoms with Crippen molar-refractivity contribution in [2.45, 2.75) is 6.54 Å². The fourth-order valence-electron chi connectivity index (χ4n) is 0.871. The number of nitrogens with zero attached hydrogens (tertiary/aromatic N) is 3. The third kappa shape index (κ3) is 1.44. The van der Waals surface area contributed by atoms with Gasteiger partial charge in [-0.15, -0.1) is 11.3 Å². The predicted molar refractivity (Wildman–Crippen MR) is 48.6 cm³/mol. The summed E-state index contributed by atoms with van der Waals surface area (Å²) in [6.45, 7) is 0.750. The molecule has 0 aliphatic carbocycles. The third-order valence-corrected chi connectivity index (χ3v) is 2.52. The average Bonchev–Trinajstić information content (AvgIpc) is 2.65. The van der Waals surface area contributed by atoms with Gasteiger partial charge in [0, 0.05) is 11.1 Å². The van der Waals surface area contributed by atoms with Crippen LogP contribution in [0.5, 0.6) is 0 Å². The topological polar surface area (TPSA) is 46.5 Å². The molecule has 2 heterocycles. The molecular formula is C6H6N4S2. The molecule has 2 aromatic rings. The molecule has 0 radical (unpaired) electrons. The number of rotatable bonds is 2. The monoisotopic (exact) mass is 198 g/mol. The number of nitrogens with one attached hydrogen (secondary N) is 1. The minimum absolute atomic E-state index is 0.642. The van der Waals surface area contributed by atoms with E-state index in [4.69, 9.17) is 12.2 Å². The zero-order valence-electron chi connectivity index (χ0n) is 6.10. The summed E-state index contributed by atoms with van der Waals surface area (Å²) in [6.07, 6.45) is 3.52. The predicted octanol–water partition coefficient (Wildman–Crippen LogP) is 1.45. The number of aromatic nitrogens is 4. The molecule has 0 bridgehead atoms. The van der Waals surface area contributed by atoms with Gasteiger partial charge < -0.3 is 4.57 Å². The Bertz CT molecular complexity index is 399. The molecule has 1 N–H and O–H groups in total. The quantitative estimate of drug-likeness (QED) is 0.743. The van der Waals surface area contributed by atoms with Crippen molar-refractivity contribution < 1.29 is 0 Å². The SMILES string of the molecule is S=c1[nH]ncn1Cc1cncs1. The highest BCUT2D eigenvalue weighted by atomic mass is 32.1. The molecule has 12 heavy (non-hydrogen) atoms. The van der Waals surface area contributed by atoms with E-state index in [1.807, 2.05) is 10.8 Å². The molecule has 62 valence electrons. The molecule has 0 spiro atoms. The molecule has 0 aliphatic rings. The second-order valence-electron chi connectivity index (χ2n) is 2.26. The number of thiazole rings is 1. The van der Waals surface area contributed by atoms with Gasteiger partial charge in [0.1, 0.15) is 6.33 Å². The van der Waals surface area contributed by atoms with Crippen LogP contribution in [0.2, 0.25) is 0 Å². The Morgan fingerprint density at radius 1 is 1.67 bits per heavy atom. The Morgan fingerprint density at radius 2 is 2.58 bits per heavy atom. The maximum Gasteiger partial charge on any atom is 0.195 e. The van der Waals surface area contributed by atoms with Crippen LogP contribution >= 0.6 is 23.6 Å². The van der Waals surface area contributed by atoms with E-state index in [0.29, 0.717) is 4.77 Å². The van der Waals surface area contributed by atoms with Crippen molar-refractivity contribution in [3.05, 3.63) is 27.7 Å². The van der Waals surface area contributed by atoms with E-state index in [0.717, 1.165) is 6.54 Å². The van der Waals surface area contributed by atoms with Gasteiger partial charge in [-0.1, -0.05) is 0 Å². The van der Waals surface area contributed by atoms with E-state index >= 15 is 0 Å². The van der Waals surface area contributed by atoms with Gasteiger partial charge in [0.15, 0.2) is 4.77 Å². The minimum atomic E-state index is 0.642. The van der Waals surface area contributed by atoms with Gasteiger partial charge in [0.05, 0.1) is 12.1 Å². The van der Waals surface area contributed by atoms with Gasteiger partial charge in [-0.3, -0.25) is 10.1 Å². The van der Waals surface area contributed by atoms with Crippen molar-refractivity contribution in [3.63, 3.8) is 0 Å². The van der Waals surface area contributed by atoms with Crippen molar-refractivity contribution in [1.82, 2.24) is 19.7 Å². The lowest BCUT2D eigenvalue weighted by Gasteiger charge is -1.94. The number of hydrogen-bond donors (Lipinski definition) is 1. The molecule has 0 aromatic carbocycles. The molecular weight excluding hydrogens is 192 g/mol. The zero-order valence-corrected chi connectivity index (χ0v) is 7.73. The highest BCUT2D eigenvalue weighted by Crippen LogP contribution is 2.07. The van der Waals surface area contributed by atoms with Crippen LogP contribution in [0.4, 0.5) is 0 Å². The van der Waals surface area contributed by atoms with E-state index in [2.05, 4.69) is 15.2 Å². The Hall–Kier alpha value is -1.01. The van der Waals surface area contributed by atoms with Crippen LogP contribution in [0.15, 0.2) is 18.0 Å². The molecule has 2 aromatic heterocycles. The minimum Gasteiger partial charge on any atom is -0.301 e. The number of aromatic amines is 1. The van der Waals surface area contributed by atoms with Crippen LogP contribution in [0, 0.1) is 4.77 Å². The highest BCUT2D eigenvalue weighted by Gasteiger charge is 1.97. The Labute approximate surface area is 77.9 Å². The molecule has 0 atom stereocenters. The Kier molecular flexibility index (Phi) is 2.01. The maximum absolute atomic E-state index is 4.99. The van der Waals surface area contributed by atoms with Crippen molar-refractivity contribution in [3.8, 4) is 0 Å². The van der Waals surface area contributed by atoms with Crippen molar-refractivity contribution >= 4 is 23.6 Å². The maximum atomic E-state index is 4.99. The normalized spacial score (nSPS) is 10.3. The van der Waals surface area contributed by atoms with Crippen LogP contribution in [-0.2, 0) is 6.54 Å². The van der Waals surface area contributed by atoms with Crippen molar-refractivity contribution in [1.29, 1.82) is 0 Å². The summed E-state index contributed by atoms with van der Waals surface area (Å²) in [5, 5.41) is 6.51. The third-order valence-electron chi connectivity index (χ3n) is 1.43. The van der Waals surface area contributed by atoms with E-state index in [-0.39, 0.29) is 0 Å². The van der Waals surface area contributed by atoms with E-state index in [1.165, 1.54) is 4.88 Å². The van der Waals surface area contributed by atoms with Crippen LogP contribution in [0.25, 0.3) is 0 Å². The summed E-state index contributed by atoms with van der Waals surface area (Å²) in [6, 6.07) is 0. The van der Waals surface area contributed by atoms with Crippen LogP contribution in [0.1, 0.15) is 4.88 Å². The summed E-state index contributed by atoms with van der Waals surface area (Å²) >= 11 is 6.60. The molecule has 0 saturated carbocycles. The standard InChI is InChI=1S/C6H6N4S2/c11-6-9-8-3-10(6)2-5-1-7-4-12-5/h1,3-4H,2H2,(H,9,11). The second-order valence-corrected chi connectivity index (χ2v) is 3.61. The van der Waals surface area contributed by atoms with Gasteiger partial charge in [0.2, 0.25) is 0 Å². The highest BCUT2D eigenvalue weighted by molar-refractivity contribution is 7.71. The molecule has 0 unspecified atom stereocenters. The van der Waals surface area contributed by atoms with Crippen molar-refractivity contribution in [2.24, 2.45) is 0 Å². The molecule has 4 nitrogen and oxygen atoms in total. The molecule has 0 saturated heterocycles. The fourth-order valence-corrected chi connectivity index (χ4v) is 1.63. The summed E-state index contributed by atoms with van der Waals surface area (Å²) in [7, 11) is 0. The first-order valence-electron chi connectivity index (χ1n) is 3.33. The fraction of sp³-hybridized carbons (Fsp3) is 0.167. The summed E-state index contributed by atoms with van der Waals surface area (Å²) < 4.78 is 2.51. The van der Waals surface area contributed by atoms with Crippen LogP contribution in [-0.4, -0.2) is 19.7 Å². The van der Waals surface area contributed by atoms with E-state index in [1.54, 1.807) is 23.2 Å². The number of H-pyrrole nitrogens is 1. The molecule has 0 fully saturated rings. The average molecular weight is 198 g/mol. The van der Waals surface area contributed by atoms with E-state index in [9.17, 15) is 0 Å². The van der Waals surface area contributed by atoms with Gasteiger partial charge in [-0.25, -0.2) is 0 Å². The van der Waals surface area contributed by atoms with Gasteiger partial charge in [0.25, 0.3) is 0 Å². The first-order valence-corrected chi connectivity index (χ1v) is 4.62. The smallest absolute Gasteiger partial charge is 0.195 e. The van der Waals surface area contributed by atoms with Gasteiger partial charge in [-0.05, 0) is 12.2 Å². The molecule has 2 rings (SSSR count). The lowest BCUT2D eigenvalue weighted by atomic mass is 10.5. The summed E-state index contributed by atoms with van der Waals surface area (Å²) in [5.41, 5.74) is 1.80. The summed E-state index contributed by atoms with van der Waals surface area (Å²) in [5.74, 6) is 0. The van der Waals surface area contributed by atoms with E-state index < -0.39 is 0 Å². The van der Waals surface area contributed by atoms with Crippen molar-refractivity contribution in [2.75, 3.05) is 0 Å². The van der Waals surface area contributed by atoms with Gasteiger partial charge >= 0.3 is 0 Å².